The van der Waals surface area contributed by atoms with E-state index in [0.717, 1.165) is 37.4 Å². The lowest BCUT2D eigenvalue weighted by atomic mass is 10.1. The molecule has 31 heavy (non-hydrogen) atoms. The zero-order chi connectivity index (χ0) is 22.0. The molecule has 0 aliphatic carbocycles. The molecule has 1 fully saturated rings. The zero-order valence-corrected chi connectivity index (χ0v) is 17.7. The Labute approximate surface area is 180 Å². The van der Waals surface area contributed by atoms with Crippen LogP contribution in [0.4, 0.5) is 15.8 Å². The fourth-order valence-electron chi connectivity index (χ4n) is 3.89. The van der Waals surface area contributed by atoms with Crippen LogP contribution < -0.4 is 20.3 Å². The number of nitrogens with one attached hydrogen (secondary N) is 2. The van der Waals surface area contributed by atoms with Crippen molar-refractivity contribution in [3.63, 3.8) is 0 Å². The van der Waals surface area contributed by atoms with E-state index >= 15 is 0 Å². The van der Waals surface area contributed by atoms with E-state index in [4.69, 9.17) is 4.74 Å². The molecule has 0 radical (unpaired) electrons. The number of nitrogens with zero attached hydrogens (tertiary/aromatic N) is 3. The second kappa shape index (κ2) is 8.89. The van der Waals surface area contributed by atoms with E-state index in [1.807, 2.05) is 13.0 Å². The van der Waals surface area contributed by atoms with Crippen molar-refractivity contribution in [2.45, 2.75) is 26.0 Å². The number of hydrogen-bond acceptors (Lipinski definition) is 6. The van der Waals surface area contributed by atoms with Crippen molar-refractivity contribution in [2.75, 3.05) is 43.4 Å². The van der Waals surface area contributed by atoms with Gasteiger partial charge in [0, 0.05) is 39.8 Å². The molecule has 1 aromatic heterocycles. The summed E-state index contributed by atoms with van der Waals surface area (Å²) in [5, 5.41) is 5.32. The van der Waals surface area contributed by atoms with Crippen molar-refractivity contribution in [1.29, 1.82) is 0 Å². The average molecular weight is 427 g/mol. The smallest absolute Gasteiger partial charge is 0.269 e. The van der Waals surface area contributed by atoms with Crippen molar-refractivity contribution in [1.82, 2.24) is 15.2 Å². The second-order valence-corrected chi connectivity index (χ2v) is 7.70. The van der Waals surface area contributed by atoms with Gasteiger partial charge < -0.3 is 20.3 Å². The first kappa shape index (κ1) is 21.0. The van der Waals surface area contributed by atoms with Crippen LogP contribution in [0.2, 0.25) is 0 Å². The number of carbonyl (C=O) groups excluding carboxylic acids is 2. The quantitative estimate of drug-likeness (QED) is 0.759. The molecule has 1 atom stereocenters. The lowest BCUT2D eigenvalue weighted by Gasteiger charge is -2.36. The minimum atomic E-state index is -0.652. The number of anilines is 2. The predicted molar refractivity (Wildman–Crippen MR) is 115 cm³/mol. The Morgan fingerprint density at radius 3 is 2.71 bits per heavy atom. The third kappa shape index (κ3) is 4.46. The maximum absolute atomic E-state index is 14.6. The van der Waals surface area contributed by atoms with Gasteiger partial charge in [0.1, 0.15) is 5.69 Å². The molecule has 4 rings (SSSR count). The molecule has 2 aliphatic rings. The van der Waals surface area contributed by atoms with Crippen LogP contribution in [-0.2, 0) is 11.3 Å². The fourth-order valence-corrected chi connectivity index (χ4v) is 3.89. The van der Waals surface area contributed by atoms with Crippen molar-refractivity contribution in [2.24, 2.45) is 0 Å². The number of fused-ring (bicyclic) bond motifs is 1. The number of halogens is 1. The summed E-state index contributed by atoms with van der Waals surface area (Å²) in [6.07, 6.45) is 1.55. The fraction of sp³-hybridized carbons (Fsp3) is 0.409. The summed E-state index contributed by atoms with van der Waals surface area (Å²) in [4.78, 5) is 32.4. The molecule has 1 saturated heterocycles. The highest BCUT2D eigenvalue weighted by Gasteiger charge is 2.29. The number of carbonyl (C=O) groups is 2. The molecule has 164 valence electrons. The summed E-state index contributed by atoms with van der Waals surface area (Å²) in [7, 11) is 1.58. The summed E-state index contributed by atoms with van der Waals surface area (Å²) in [5.74, 6) is -0.781. The molecular formula is C22H26FN5O3. The van der Waals surface area contributed by atoms with Gasteiger partial charge in [0.2, 0.25) is 0 Å². The van der Waals surface area contributed by atoms with Crippen molar-refractivity contribution >= 4 is 23.2 Å². The van der Waals surface area contributed by atoms with E-state index < -0.39 is 11.9 Å². The number of hydrogen-bond donors (Lipinski definition) is 2. The highest BCUT2D eigenvalue weighted by atomic mass is 19.1. The number of benzene rings is 1. The molecule has 0 spiro atoms. The van der Waals surface area contributed by atoms with E-state index in [2.05, 4.69) is 25.4 Å². The van der Waals surface area contributed by atoms with Gasteiger partial charge in [-0.05, 0) is 36.2 Å². The van der Waals surface area contributed by atoms with E-state index in [-0.39, 0.29) is 17.6 Å². The Balaban J connectivity index is 1.37. The van der Waals surface area contributed by atoms with Crippen LogP contribution in [0, 0.1) is 5.82 Å². The number of aromatic nitrogens is 1. The monoisotopic (exact) mass is 427 g/mol. The lowest BCUT2D eigenvalue weighted by molar-refractivity contribution is -0.123. The Bertz CT molecular complexity index is 974. The molecule has 9 heteroatoms. The maximum Gasteiger partial charge on any atom is 0.269 e. The van der Waals surface area contributed by atoms with Crippen molar-refractivity contribution < 1.29 is 18.7 Å². The summed E-state index contributed by atoms with van der Waals surface area (Å²) in [6.45, 7) is 5.61. The van der Waals surface area contributed by atoms with Gasteiger partial charge in [-0.3, -0.25) is 14.5 Å². The normalized spacial score (nSPS) is 18.7. The standard InChI is InChI=1S/C22H26FN5O3/c1-3-19-22(30)26-18-11-14(10-16(23)20(18)31-19)13-27-6-8-28(9-7-27)15-4-5-17(25-12-15)21(29)24-2/h4-5,10-12,19H,3,6-9,13H2,1-2H3,(H,24,29)(H,26,30)/t19-/m0/s1. The summed E-state index contributed by atoms with van der Waals surface area (Å²) in [6, 6.07) is 6.89. The number of piperazine rings is 1. The lowest BCUT2D eigenvalue weighted by Crippen LogP contribution is -2.46. The van der Waals surface area contributed by atoms with Crippen LogP contribution in [0.1, 0.15) is 29.4 Å². The first-order chi connectivity index (χ1) is 15.0. The molecule has 2 aromatic rings. The molecule has 1 aromatic carbocycles. The SMILES string of the molecule is CC[C@@H]1Oc2c(F)cc(CN3CCN(c4ccc(C(=O)NC)nc4)CC3)cc2NC1=O. The Morgan fingerprint density at radius 2 is 2.06 bits per heavy atom. The molecule has 8 nitrogen and oxygen atoms in total. The van der Waals surface area contributed by atoms with E-state index in [1.54, 1.807) is 25.4 Å². The molecule has 2 N–H and O–H groups in total. The third-order valence-corrected chi connectivity index (χ3v) is 5.64. The third-order valence-electron chi connectivity index (χ3n) is 5.64. The van der Waals surface area contributed by atoms with Gasteiger partial charge >= 0.3 is 0 Å². The molecule has 2 aliphatic heterocycles. The second-order valence-electron chi connectivity index (χ2n) is 7.70. The first-order valence-corrected chi connectivity index (χ1v) is 10.4. The number of pyridine rings is 1. The van der Waals surface area contributed by atoms with Gasteiger partial charge in [0.15, 0.2) is 17.7 Å². The van der Waals surface area contributed by atoms with Crippen LogP contribution in [0.25, 0.3) is 0 Å². The van der Waals surface area contributed by atoms with E-state index in [1.165, 1.54) is 6.07 Å². The molecule has 0 bridgehead atoms. The highest BCUT2D eigenvalue weighted by molar-refractivity contribution is 5.97. The van der Waals surface area contributed by atoms with Crippen molar-refractivity contribution in [3.8, 4) is 5.75 Å². The maximum atomic E-state index is 14.6. The van der Waals surface area contributed by atoms with Gasteiger partial charge in [0.05, 0.1) is 17.6 Å². The predicted octanol–water partition coefficient (Wildman–Crippen LogP) is 2.01. The molecular weight excluding hydrogens is 401 g/mol. The summed E-state index contributed by atoms with van der Waals surface area (Å²) in [5.41, 5.74) is 2.55. The molecule has 0 unspecified atom stereocenters. The summed E-state index contributed by atoms with van der Waals surface area (Å²) >= 11 is 0. The van der Waals surface area contributed by atoms with Crippen LogP contribution in [0.15, 0.2) is 30.5 Å². The Kier molecular flexibility index (Phi) is 6.03. The Morgan fingerprint density at radius 1 is 1.29 bits per heavy atom. The molecule has 0 saturated carbocycles. The zero-order valence-electron chi connectivity index (χ0n) is 17.7. The van der Waals surface area contributed by atoms with Gasteiger partial charge in [-0.15, -0.1) is 0 Å². The first-order valence-electron chi connectivity index (χ1n) is 10.4. The molecule has 2 amide bonds. The molecule has 3 heterocycles. The van der Waals surface area contributed by atoms with Gasteiger partial charge in [0.25, 0.3) is 11.8 Å². The van der Waals surface area contributed by atoms with Gasteiger partial charge in [-0.1, -0.05) is 6.92 Å². The minimum absolute atomic E-state index is 0.118. The van der Waals surface area contributed by atoms with Gasteiger partial charge in [-0.25, -0.2) is 9.37 Å². The van der Waals surface area contributed by atoms with Gasteiger partial charge in [-0.2, -0.15) is 0 Å². The largest absolute Gasteiger partial charge is 0.475 e. The van der Waals surface area contributed by atoms with Crippen LogP contribution in [-0.4, -0.2) is 61.0 Å². The van der Waals surface area contributed by atoms with Crippen LogP contribution >= 0.6 is 0 Å². The van der Waals surface area contributed by atoms with Crippen LogP contribution in [0.5, 0.6) is 5.75 Å². The topological polar surface area (TPSA) is 86.8 Å². The van der Waals surface area contributed by atoms with Crippen molar-refractivity contribution in [3.05, 3.63) is 47.5 Å². The Hall–Kier alpha value is -3.20. The summed E-state index contributed by atoms with van der Waals surface area (Å²) < 4.78 is 20.1. The average Bonchev–Trinajstić information content (AvgIpc) is 2.79. The van der Waals surface area contributed by atoms with Crippen LogP contribution in [0.3, 0.4) is 0 Å². The number of ether oxygens (including phenoxy) is 1. The highest BCUT2D eigenvalue weighted by Crippen LogP contribution is 2.34. The van der Waals surface area contributed by atoms with E-state index in [9.17, 15) is 14.0 Å². The number of rotatable bonds is 5. The number of amides is 2. The van der Waals surface area contributed by atoms with E-state index in [0.29, 0.717) is 24.3 Å². The minimum Gasteiger partial charge on any atom is -0.475 e.